The van der Waals surface area contributed by atoms with Crippen LogP contribution in [0, 0.1) is 0 Å². The van der Waals surface area contributed by atoms with E-state index >= 15 is 0 Å². The maximum atomic E-state index is 11.0. The zero-order chi connectivity index (χ0) is 8.97. The Hall–Kier alpha value is -0.400. The van der Waals surface area contributed by atoms with Gasteiger partial charge in [-0.1, -0.05) is 12.1 Å². The molecule has 2 nitrogen and oxygen atoms in total. The smallest absolute Gasteiger partial charge is 0.337 e. The Bertz CT molecular complexity index is 271. The normalized spacial score (nSPS) is 9.00. The molecule has 0 amide bonds. The third-order valence-corrected chi connectivity index (χ3v) is 2.24. The number of benzene rings is 1. The van der Waals surface area contributed by atoms with Crippen LogP contribution in [0.15, 0.2) is 24.3 Å². The average molecular weight is 263 g/mol. The van der Waals surface area contributed by atoms with E-state index in [1.165, 1.54) is 12.7 Å². The summed E-state index contributed by atoms with van der Waals surface area (Å²) >= 11 is 0. The van der Waals surface area contributed by atoms with Gasteiger partial charge in [0.2, 0.25) is 0 Å². The SMILES string of the molecule is COC(=O)c1ccc(C[PH3+])cc1.[Br-]. The third kappa shape index (κ3) is 3.45. The quantitative estimate of drug-likeness (QED) is 0.484. The molecule has 1 aromatic rings. The van der Waals surface area contributed by atoms with Crippen molar-refractivity contribution in [1.82, 2.24) is 0 Å². The lowest BCUT2D eigenvalue weighted by Crippen LogP contribution is -3.00. The topological polar surface area (TPSA) is 26.3 Å². The summed E-state index contributed by atoms with van der Waals surface area (Å²) in [6.45, 7) is 0. The van der Waals surface area contributed by atoms with Crippen LogP contribution in [0.5, 0.6) is 0 Å². The van der Waals surface area contributed by atoms with E-state index in [9.17, 15) is 4.79 Å². The van der Waals surface area contributed by atoms with Gasteiger partial charge in [0.15, 0.2) is 0 Å². The maximum Gasteiger partial charge on any atom is 0.337 e. The van der Waals surface area contributed by atoms with Crippen molar-refractivity contribution in [2.75, 3.05) is 7.11 Å². The van der Waals surface area contributed by atoms with E-state index in [4.69, 9.17) is 0 Å². The molecule has 0 radical (unpaired) electrons. The fraction of sp³-hybridized carbons (Fsp3) is 0.222. The molecule has 1 atom stereocenters. The Morgan fingerprint density at radius 1 is 1.38 bits per heavy atom. The number of carbonyl (C=O) groups excluding carboxylic acids is 1. The van der Waals surface area contributed by atoms with Crippen molar-refractivity contribution >= 4 is 15.2 Å². The summed E-state index contributed by atoms with van der Waals surface area (Å²) in [4.78, 5) is 11.0. The van der Waals surface area contributed by atoms with Gasteiger partial charge in [0.05, 0.1) is 18.8 Å². The van der Waals surface area contributed by atoms with Crippen molar-refractivity contribution in [3.8, 4) is 0 Å². The summed E-state index contributed by atoms with van der Waals surface area (Å²) in [7, 11) is 3.28. The number of halogens is 1. The van der Waals surface area contributed by atoms with E-state index in [1.54, 1.807) is 12.1 Å². The third-order valence-electron chi connectivity index (χ3n) is 1.66. The number of ether oxygens (including phenoxy) is 1. The van der Waals surface area contributed by atoms with Crippen LogP contribution in [-0.2, 0) is 10.9 Å². The first-order valence-corrected chi connectivity index (χ1v) is 4.74. The van der Waals surface area contributed by atoms with Crippen LogP contribution in [0.2, 0.25) is 0 Å². The number of rotatable bonds is 2. The molecule has 0 aliphatic rings. The monoisotopic (exact) mass is 262 g/mol. The fourth-order valence-corrected chi connectivity index (χ4v) is 1.26. The molecular weight excluding hydrogens is 251 g/mol. The first-order valence-electron chi connectivity index (χ1n) is 3.74. The minimum absolute atomic E-state index is 0. The summed E-state index contributed by atoms with van der Waals surface area (Å²) in [6, 6.07) is 7.46. The minimum atomic E-state index is -0.278. The van der Waals surface area contributed by atoms with Crippen molar-refractivity contribution in [2.45, 2.75) is 6.16 Å². The molecular formula is C9H12BrO2P. The summed E-state index contributed by atoms with van der Waals surface area (Å²) in [6.07, 6.45) is 1.02. The molecule has 72 valence electrons. The number of carbonyl (C=O) groups is 1. The standard InChI is InChI=1S/C9H11O2P.BrH/c1-11-9(10)8-4-2-7(6-12)3-5-8;/h2-5H,6,12H2,1H3;1H. The van der Waals surface area contributed by atoms with E-state index in [2.05, 4.69) is 4.74 Å². The van der Waals surface area contributed by atoms with E-state index in [0.29, 0.717) is 5.56 Å². The van der Waals surface area contributed by atoms with Crippen molar-refractivity contribution in [1.29, 1.82) is 0 Å². The molecule has 0 bridgehead atoms. The summed E-state index contributed by atoms with van der Waals surface area (Å²) < 4.78 is 4.57. The predicted octanol–water partition coefficient (Wildman–Crippen LogP) is -1.42. The summed E-state index contributed by atoms with van der Waals surface area (Å²) in [5, 5.41) is 0. The average Bonchev–Trinajstić information content (AvgIpc) is 2.17. The lowest BCUT2D eigenvalue weighted by Gasteiger charge is -1.98. The van der Waals surface area contributed by atoms with Gasteiger partial charge in [-0.2, -0.15) is 0 Å². The van der Waals surface area contributed by atoms with Gasteiger partial charge in [-0.25, -0.2) is 4.79 Å². The van der Waals surface area contributed by atoms with Gasteiger partial charge < -0.3 is 21.7 Å². The Balaban J connectivity index is 0.00000144. The Morgan fingerprint density at radius 3 is 2.31 bits per heavy atom. The van der Waals surface area contributed by atoms with Crippen LogP contribution in [0.25, 0.3) is 0 Å². The van der Waals surface area contributed by atoms with Crippen LogP contribution in [-0.4, -0.2) is 13.1 Å². The lowest BCUT2D eigenvalue weighted by molar-refractivity contribution is -0.0000171. The van der Waals surface area contributed by atoms with Crippen LogP contribution < -0.4 is 17.0 Å². The first kappa shape index (κ1) is 12.6. The number of hydrogen-bond donors (Lipinski definition) is 0. The number of hydrogen-bond acceptors (Lipinski definition) is 2. The summed E-state index contributed by atoms with van der Waals surface area (Å²) in [5.41, 5.74) is 1.85. The Kier molecular flexibility index (Phi) is 5.93. The molecule has 13 heavy (non-hydrogen) atoms. The van der Waals surface area contributed by atoms with Gasteiger partial charge in [0.25, 0.3) is 0 Å². The molecule has 4 heteroatoms. The van der Waals surface area contributed by atoms with E-state index < -0.39 is 0 Å². The van der Waals surface area contributed by atoms with Gasteiger partial charge in [0.1, 0.15) is 0 Å². The Labute approximate surface area is 90.6 Å². The molecule has 0 saturated heterocycles. The predicted molar refractivity (Wildman–Crippen MR) is 52.6 cm³/mol. The second-order valence-electron chi connectivity index (χ2n) is 2.44. The molecule has 1 unspecified atom stereocenters. The number of esters is 1. The largest absolute Gasteiger partial charge is 1.00 e. The zero-order valence-electron chi connectivity index (χ0n) is 7.42. The second-order valence-corrected chi connectivity index (χ2v) is 2.94. The molecule has 0 aromatic heterocycles. The highest BCUT2D eigenvalue weighted by atomic mass is 79.9. The molecule has 1 rings (SSSR count). The van der Waals surface area contributed by atoms with Gasteiger partial charge in [-0.05, 0) is 26.9 Å². The molecule has 0 fully saturated rings. The van der Waals surface area contributed by atoms with Gasteiger partial charge in [0, 0.05) is 0 Å². The van der Waals surface area contributed by atoms with Crippen molar-refractivity contribution in [3.63, 3.8) is 0 Å². The van der Waals surface area contributed by atoms with Crippen molar-refractivity contribution < 1.29 is 26.5 Å². The highest BCUT2D eigenvalue weighted by Crippen LogP contribution is 2.08. The van der Waals surface area contributed by atoms with E-state index in [0.717, 1.165) is 6.16 Å². The van der Waals surface area contributed by atoms with Crippen LogP contribution >= 0.6 is 9.24 Å². The second kappa shape index (κ2) is 6.11. The number of methoxy groups -OCH3 is 1. The molecule has 0 saturated carbocycles. The van der Waals surface area contributed by atoms with Crippen LogP contribution in [0.3, 0.4) is 0 Å². The summed E-state index contributed by atoms with van der Waals surface area (Å²) in [5.74, 6) is -0.278. The highest BCUT2D eigenvalue weighted by Gasteiger charge is 2.03. The molecule has 0 aliphatic carbocycles. The maximum absolute atomic E-state index is 11.0. The first-order chi connectivity index (χ1) is 5.77. The molecule has 1 aromatic carbocycles. The van der Waals surface area contributed by atoms with Crippen LogP contribution in [0.4, 0.5) is 0 Å². The lowest BCUT2D eigenvalue weighted by atomic mass is 10.1. The molecule has 0 heterocycles. The van der Waals surface area contributed by atoms with Gasteiger partial charge >= 0.3 is 5.97 Å². The highest BCUT2D eigenvalue weighted by molar-refractivity contribution is 7.15. The van der Waals surface area contributed by atoms with Crippen LogP contribution in [0.1, 0.15) is 15.9 Å². The molecule has 0 aliphatic heterocycles. The fourth-order valence-electron chi connectivity index (χ4n) is 0.925. The minimum Gasteiger partial charge on any atom is -1.00 e. The molecule has 0 N–H and O–H groups in total. The molecule has 0 spiro atoms. The Morgan fingerprint density at radius 2 is 1.92 bits per heavy atom. The van der Waals surface area contributed by atoms with Crippen molar-refractivity contribution in [2.24, 2.45) is 0 Å². The zero-order valence-corrected chi connectivity index (χ0v) is 10.4. The van der Waals surface area contributed by atoms with Crippen molar-refractivity contribution in [3.05, 3.63) is 35.4 Å². The van der Waals surface area contributed by atoms with E-state index in [-0.39, 0.29) is 23.0 Å². The van der Waals surface area contributed by atoms with Gasteiger partial charge in [-0.3, -0.25) is 0 Å². The van der Waals surface area contributed by atoms with E-state index in [1.807, 2.05) is 21.4 Å². The van der Waals surface area contributed by atoms with Gasteiger partial charge in [-0.15, -0.1) is 0 Å².